The number of para-hydroxylation sites is 2. The average molecular weight is 403 g/mol. The van der Waals surface area contributed by atoms with Gasteiger partial charge in [-0.15, -0.1) is 0 Å². The number of nitrogens with zero attached hydrogens (tertiary/aromatic N) is 3. The molecule has 30 heavy (non-hydrogen) atoms. The zero-order valence-electron chi connectivity index (χ0n) is 16.5. The van der Waals surface area contributed by atoms with Crippen LogP contribution in [0.3, 0.4) is 0 Å². The summed E-state index contributed by atoms with van der Waals surface area (Å²) in [7, 11) is 1.52. The highest BCUT2D eigenvalue weighted by atomic mass is 16.5. The van der Waals surface area contributed by atoms with Gasteiger partial charge in [-0.25, -0.2) is 4.68 Å². The lowest BCUT2D eigenvalue weighted by atomic mass is 9.82. The van der Waals surface area contributed by atoms with Crippen LogP contribution in [0.4, 0.5) is 11.5 Å². The van der Waals surface area contributed by atoms with Crippen LogP contribution in [-0.2, 0) is 10.5 Å². The van der Waals surface area contributed by atoms with Crippen LogP contribution < -0.4 is 15.4 Å². The monoisotopic (exact) mass is 403 g/mol. The molecule has 1 aliphatic rings. The number of hydrogen-bond acceptors (Lipinski definition) is 6. The van der Waals surface area contributed by atoms with Crippen LogP contribution in [0.1, 0.15) is 24.1 Å². The summed E-state index contributed by atoms with van der Waals surface area (Å²) in [6.07, 6.45) is 1.37. The lowest BCUT2D eigenvalue weighted by molar-refractivity contribution is -0.143. The van der Waals surface area contributed by atoms with Crippen molar-refractivity contribution in [1.29, 1.82) is 5.26 Å². The molecule has 1 aliphatic heterocycles. The van der Waals surface area contributed by atoms with E-state index in [0.29, 0.717) is 22.8 Å². The Bertz CT molecular complexity index is 1120. The van der Waals surface area contributed by atoms with E-state index in [0.717, 1.165) is 5.56 Å². The standard InChI is InChI=1S/C22H21N5O3/c1-22(29)18(21(28)25-16-10-6-7-11-17(16)30-2)19(14-8-4-3-5-9-14)26-20-15(12-23)13-24-27(20)22/h3-11,13,18-19,26,29H,1-2H3,(H,25,28)/t18-,19-,22+/m0/s1. The Balaban J connectivity index is 1.80. The molecule has 2 heterocycles. The molecule has 1 amide bonds. The third-order valence-electron chi connectivity index (χ3n) is 5.34. The minimum Gasteiger partial charge on any atom is -0.495 e. The van der Waals surface area contributed by atoms with E-state index in [-0.39, 0.29) is 0 Å². The topological polar surface area (TPSA) is 112 Å². The third kappa shape index (κ3) is 3.15. The quantitative estimate of drug-likeness (QED) is 0.618. The van der Waals surface area contributed by atoms with E-state index in [1.165, 1.54) is 24.9 Å². The number of carbonyl (C=O) groups is 1. The maximum absolute atomic E-state index is 13.4. The molecule has 0 fully saturated rings. The number of methoxy groups -OCH3 is 1. The van der Waals surface area contributed by atoms with E-state index >= 15 is 0 Å². The molecule has 1 aromatic heterocycles. The summed E-state index contributed by atoms with van der Waals surface area (Å²) in [5, 5.41) is 31.1. The van der Waals surface area contributed by atoms with Crippen molar-refractivity contribution in [2.45, 2.75) is 18.7 Å². The third-order valence-corrected chi connectivity index (χ3v) is 5.34. The Hall–Kier alpha value is -3.83. The number of nitrogens with one attached hydrogen (secondary N) is 2. The molecule has 8 nitrogen and oxygen atoms in total. The Morgan fingerprint density at radius 3 is 2.67 bits per heavy atom. The van der Waals surface area contributed by atoms with Crippen molar-refractivity contribution in [2.24, 2.45) is 5.92 Å². The number of carbonyl (C=O) groups excluding carboxylic acids is 1. The van der Waals surface area contributed by atoms with E-state index in [9.17, 15) is 15.2 Å². The van der Waals surface area contributed by atoms with E-state index < -0.39 is 23.6 Å². The molecule has 3 atom stereocenters. The number of nitriles is 1. The first kappa shape index (κ1) is 19.5. The smallest absolute Gasteiger partial charge is 0.234 e. The van der Waals surface area contributed by atoms with Gasteiger partial charge >= 0.3 is 0 Å². The summed E-state index contributed by atoms with van der Waals surface area (Å²) in [6, 6.07) is 17.9. The number of anilines is 2. The largest absolute Gasteiger partial charge is 0.495 e. The molecule has 0 saturated heterocycles. The number of aliphatic hydroxyl groups is 1. The highest BCUT2D eigenvalue weighted by molar-refractivity contribution is 5.95. The maximum Gasteiger partial charge on any atom is 0.234 e. The van der Waals surface area contributed by atoms with E-state index in [1.54, 1.807) is 24.3 Å². The fraction of sp³-hybridized carbons (Fsp3) is 0.227. The zero-order chi connectivity index (χ0) is 21.3. The Kier molecular flexibility index (Phi) is 4.90. The van der Waals surface area contributed by atoms with Gasteiger partial charge in [0.25, 0.3) is 0 Å². The molecule has 4 rings (SSSR count). The Morgan fingerprint density at radius 2 is 1.97 bits per heavy atom. The van der Waals surface area contributed by atoms with E-state index in [1.807, 2.05) is 30.3 Å². The van der Waals surface area contributed by atoms with Gasteiger partial charge in [0.2, 0.25) is 5.91 Å². The highest BCUT2D eigenvalue weighted by Gasteiger charge is 2.50. The van der Waals surface area contributed by atoms with Gasteiger partial charge in [0.15, 0.2) is 5.72 Å². The minimum atomic E-state index is -1.69. The second kappa shape index (κ2) is 7.54. The first-order valence-corrected chi connectivity index (χ1v) is 9.43. The molecular weight excluding hydrogens is 382 g/mol. The second-order valence-corrected chi connectivity index (χ2v) is 7.22. The maximum atomic E-state index is 13.4. The van der Waals surface area contributed by atoms with Gasteiger partial charge in [-0.3, -0.25) is 4.79 Å². The number of fused-ring (bicyclic) bond motifs is 1. The Labute approximate surface area is 173 Å². The van der Waals surface area contributed by atoms with Gasteiger partial charge in [0.1, 0.15) is 29.1 Å². The fourth-order valence-electron chi connectivity index (χ4n) is 3.88. The number of aromatic nitrogens is 2. The first-order chi connectivity index (χ1) is 14.5. The fourth-order valence-corrected chi connectivity index (χ4v) is 3.88. The lowest BCUT2D eigenvalue weighted by Crippen LogP contribution is -2.53. The van der Waals surface area contributed by atoms with Crippen molar-refractivity contribution < 1.29 is 14.6 Å². The summed E-state index contributed by atoms with van der Waals surface area (Å²) in [6.45, 7) is 1.52. The summed E-state index contributed by atoms with van der Waals surface area (Å²) in [5.41, 5.74) is -0.104. The molecular formula is C22H21N5O3. The second-order valence-electron chi connectivity index (χ2n) is 7.22. The van der Waals surface area contributed by atoms with Crippen molar-refractivity contribution >= 4 is 17.4 Å². The predicted molar refractivity (Wildman–Crippen MR) is 111 cm³/mol. The molecule has 0 bridgehead atoms. The summed E-state index contributed by atoms with van der Waals surface area (Å²) in [4.78, 5) is 13.4. The predicted octanol–water partition coefficient (Wildman–Crippen LogP) is 2.85. The van der Waals surface area contributed by atoms with Gasteiger partial charge in [0.05, 0.1) is 25.0 Å². The first-order valence-electron chi connectivity index (χ1n) is 9.43. The van der Waals surface area contributed by atoms with Gasteiger partial charge in [-0.1, -0.05) is 42.5 Å². The van der Waals surface area contributed by atoms with Crippen molar-refractivity contribution in [1.82, 2.24) is 9.78 Å². The van der Waals surface area contributed by atoms with Gasteiger partial charge in [-0.2, -0.15) is 10.4 Å². The van der Waals surface area contributed by atoms with Crippen molar-refractivity contribution in [3.8, 4) is 11.8 Å². The van der Waals surface area contributed by atoms with Crippen LogP contribution >= 0.6 is 0 Å². The minimum absolute atomic E-state index is 0.291. The number of rotatable bonds is 4. The van der Waals surface area contributed by atoms with Gasteiger partial charge < -0.3 is 20.5 Å². The molecule has 0 unspecified atom stereocenters. The molecule has 0 saturated carbocycles. The van der Waals surface area contributed by atoms with Crippen molar-refractivity contribution in [3.63, 3.8) is 0 Å². The van der Waals surface area contributed by atoms with Crippen LogP contribution in [0.15, 0.2) is 60.8 Å². The zero-order valence-corrected chi connectivity index (χ0v) is 16.5. The molecule has 3 aromatic rings. The summed E-state index contributed by atoms with van der Waals surface area (Å²) < 4.78 is 6.61. The van der Waals surface area contributed by atoms with Crippen molar-refractivity contribution in [2.75, 3.05) is 17.7 Å². The molecule has 0 aliphatic carbocycles. The highest BCUT2D eigenvalue weighted by Crippen LogP contribution is 2.44. The normalized spacial score (nSPS) is 22.3. The van der Waals surface area contributed by atoms with Crippen molar-refractivity contribution in [3.05, 3.63) is 71.9 Å². The van der Waals surface area contributed by atoms with E-state index in [2.05, 4.69) is 21.8 Å². The number of amides is 1. The SMILES string of the molecule is COc1ccccc1NC(=O)[C@@H]1[C@H](c2ccccc2)Nc2c(C#N)cnn2[C@]1(C)O. The Morgan fingerprint density at radius 1 is 1.27 bits per heavy atom. The summed E-state index contributed by atoms with van der Waals surface area (Å²) in [5.74, 6) is -0.482. The molecule has 152 valence electrons. The number of ether oxygens (including phenoxy) is 1. The molecule has 8 heteroatoms. The van der Waals surface area contributed by atoms with Crippen LogP contribution in [0, 0.1) is 17.2 Å². The van der Waals surface area contributed by atoms with Gasteiger partial charge in [-0.05, 0) is 24.6 Å². The number of benzene rings is 2. The molecule has 3 N–H and O–H groups in total. The molecule has 0 radical (unpaired) electrons. The number of hydrogen-bond donors (Lipinski definition) is 3. The van der Waals surface area contributed by atoms with Crippen LogP contribution in [-0.4, -0.2) is 27.9 Å². The summed E-state index contributed by atoms with van der Waals surface area (Å²) >= 11 is 0. The van der Waals surface area contributed by atoms with Crippen LogP contribution in [0.5, 0.6) is 5.75 Å². The van der Waals surface area contributed by atoms with Crippen LogP contribution in [0.2, 0.25) is 0 Å². The van der Waals surface area contributed by atoms with E-state index in [4.69, 9.17) is 4.74 Å². The molecule has 2 aromatic carbocycles. The average Bonchev–Trinajstić information content (AvgIpc) is 3.18. The van der Waals surface area contributed by atoms with Crippen LogP contribution in [0.25, 0.3) is 0 Å². The lowest BCUT2D eigenvalue weighted by Gasteiger charge is -2.43. The molecule has 0 spiro atoms. The van der Waals surface area contributed by atoms with Gasteiger partial charge in [0, 0.05) is 0 Å².